The van der Waals surface area contributed by atoms with Gasteiger partial charge in [0.2, 0.25) is 12.1 Å². The minimum Gasteiger partial charge on any atom is -0.287 e. The van der Waals surface area contributed by atoms with E-state index in [9.17, 15) is 4.79 Å². The number of carbonyl (C=O) groups is 1. The van der Waals surface area contributed by atoms with E-state index in [1.807, 2.05) is 18.2 Å². The van der Waals surface area contributed by atoms with Crippen molar-refractivity contribution >= 4 is 5.78 Å². The first-order valence-corrected chi connectivity index (χ1v) is 4.13. The maximum Gasteiger partial charge on any atom is 0.222 e. The molecule has 1 radical (unpaired) electrons. The molecule has 3 rings (SSSR count). The van der Waals surface area contributed by atoms with Crippen molar-refractivity contribution in [3.63, 3.8) is 0 Å². The van der Waals surface area contributed by atoms with Crippen molar-refractivity contribution in [1.29, 1.82) is 0 Å². The molecule has 1 heterocycles. The summed E-state index contributed by atoms with van der Waals surface area (Å²) in [5.41, 5.74) is 2.37. The first-order chi connectivity index (χ1) is 6.88. The van der Waals surface area contributed by atoms with Crippen molar-refractivity contribution in [2.45, 2.75) is 0 Å². The van der Waals surface area contributed by atoms with Crippen LogP contribution in [0.2, 0.25) is 0 Å². The van der Waals surface area contributed by atoms with Crippen LogP contribution in [0.25, 0.3) is 11.3 Å². The highest BCUT2D eigenvalue weighted by Gasteiger charge is 2.28. The highest BCUT2D eigenvalue weighted by molar-refractivity contribution is 6.19. The molecule has 0 saturated carbocycles. The largest absolute Gasteiger partial charge is 0.287 e. The average molecular weight is 182 g/mol. The third-order valence-electron chi connectivity index (χ3n) is 2.22. The average Bonchev–Trinajstić information content (AvgIpc) is 2.55. The molecule has 0 bridgehead atoms. The van der Waals surface area contributed by atoms with Crippen LogP contribution in [0.1, 0.15) is 16.1 Å². The summed E-state index contributed by atoms with van der Waals surface area (Å²) < 4.78 is 0. The molecule has 0 N–H and O–H groups in total. The topological polar surface area (TPSA) is 55.7 Å². The van der Waals surface area contributed by atoms with Gasteiger partial charge in [0, 0.05) is 11.1 Å². The lowest BCUT2D eigenvalue weighted by Gasteiger charge is -1.93. The Kier molecular flexibility index (Phi) is 1.28. The molecule has 0 amide bonds. The van der Waals surface area contributed by atoms with Crippen LogP contribution in [0.3, 0.4) is 0 Å². The second kappa shape index (κ2) is 2.45. The molecular formula is C10H4N3O. The molecule has 65 valence electrons. The second-order valence-corrected chi connectivity index (χ2v) is 2.98. The predicted molar refractivity (Wildman–Crippen MR) is 47.5 cm³/mol. The molecule has 1 aromatic heterocycles. The molecule has 4 heteroatoms. The first kappa shape index (κ1) is 7.32. The van der Waals surface area contributed by atoms with Gasteiger partial charge in [-0.15, -0.1) is 10.2 Å². The van der Waals surface area contributed by atoms with Crippen LogP contribution in [0.5, 0.6) is 0 Å². The van der Waals surface area contributed by atoms with Gasteiger partial charge in [0.25, 0.3) is 0 Å². The molecule has 0 saturated heterocycles. The smallest absolute Gasteiger partial charge is 0.222 e. The Morgan fingerprint density at radius 3 is 2.71 bits per heavy atom. The number of hydrogen-bond donors (Lipinski definition) is 0. The predicted octanol–water partition coefficient (Wildman–Crippen LogP) is 0.883. The van der Waals surface area contributed by atoms with E-state index in [0.717, 1.165) is 5.56 Å². The van der Waals surface area contributed by atoms with Gasteiger partial charge in [-0.1, -0.05) is 24.3 Å². The summed E-state index contributed by atoms with van der Waals surface area (Å²) in [7, 11) is 0. The highest BCUT2D eigenvalue weighted by atomic mass is 16.1. The van der Waals surface area contributed by atoms with Crippen LogP contribution in [0.15, 0.2) is 24.3 Å². The summed E-state index contributed by atoms with van der Waals surface area (Å²) in [6.45, 7) is 0. The van der Waals surface area contributed by atoms with Crippen molar-refractivity contribution in [2.24, 2.45) is 0 Å². The molecule has 2 aromatic rings. The molecule has 1 aliphatic carbocycles. The van der Waals surface area contributed by atoms with Crippen LogP contribution in [-0.4, -0.2) is 21.0 Å². The fourth-order valence-corrected chi connectivity index (χ4v) is 1.60. The summed E-state index contributed by atoms with van der Waals surface area (Å²) in [5, 5.41) is 7.22. The molecule has 4 nitrogen and oxygen atoms in total. The lowest BCUT2D eigenvalue weighted by atomic mass is 10.1. The van der Waals surface area contributed by atoms with E-state index in [4.69, 9.17) is 0 Å². The second-order valence-electron chi connectivity index (χ2n) is 2.98. The normalized spacial score (nSPS) is 12.4. The number of ketones is 1. The Balaban J connectivity index is 2.42. The lowest BCUT2D eigenvalue weighted by Crippen LogP contribution is -2.00. The third kappa shape index (κ3) is 0.771. The maximum atomic E-state index is 11.7. The zero-order valence-corrected chi connectivity index (χ0v) is 7.06. The van der Waals surface area contributed by atoms with Crippen LogP contribution in [0.4, 0.5) is 0 Å². The number of carbonyl (C=O) groups excluding carboxylic acids is 1. The Labute approximate surface area is 79.6 Å². The van der Waals surface area contributed by atoms with E-state index in [1.54, 1.807) is 6.07 Å². The fourth-order valence-electron chi connectivity index (χ4n) is 1.60. The Hall–Kier alpha value is -2.10. The molecular weight excluding hydrogens is 178 g/mol. The standard InChI is InChI=1S/C10H4N3O/c14-10-7-4-2-1-3-6(7)8-9(10)13-12-5-11-8/h1-4H. The van der Waals surface area contributed by atoms with Gasteiger partial charge < -0.3 is 0 Å². The highest BCUT2D eigenvalue weighted by Crippen LogP contribution is 2.32. The number of nitrogens with zero attached hydrogens (tertiary/aromatic N) is 3. The molecule has 0 atom stereocenters. The summed E-state index contributed by atoms with van der Waals surface area (Å²) in [6.07, 6.45) is 2.39. The summed E-state index contributed by atoms with van der Waals surface area (Å²) in [6, 6.07) is 7.30. The van der Waals surface area contributed by atoms with Gasteiger partial charge in [0.05, 0.1) is 0 Å². The van der Waals surface area contributed by atoms with E-state index in [-0.39, 0.29) is 5.78 Å². The quantitative estimate of drug-likeness (QED) is 0.518. The number of benzene rings is 1. The Bertz CT molecular complexity index is 489. The van der Waals surface area contributed by atoms with Crippen molar-refractivity contribution in [2.75, 3.05) is 0 Å². The van der Waals surface area contributed by atoms with Crippen molar-refractivity contribution in [3.8, 4) is 11.3 Å². The molecule has 0 spiro atoms. The summed E-state index contributed by atoms with van der Waals surface area (Å²) in [4.78, 5) is 15.7. The van der Waals surface area contributed by atoms with Gasteiger partial charge in [-0.25, -0.2) is 4.98 Å². The molecule has 0 aliphatic heterocycles. The summed E-state index contributed by atoms with van der Waals surface area (Å²) >= 11 is 0. The Morgan fingerprint density at radius 2 is 1.86 bits per heavy atom. The van der Waals surface area contributed by atoms with Gasteiger partial charge in [-0.05, 0) is 0 Å². The van der Waals surface area contributed by atoms with E-state index in [0.29, 0.717) is 17.0 Å². The van der Waals surface area contributed by atoms with Crippen LogP contribution in [0, 0.1) is 6.33 Å². The molecule has 14 heavy (non-hydrogen) atoms. The van der Waals surface area contributed by atoms with Crippen LogP contribution in [-0.2, 0) is 0 Å². The van der Waals surface area contributed by atoms with Gasteiger partial charge in [0.1, 0.15) is 5.69 Å². The summed E-state index contributed by atoms with van der Waals surface area (Å²) in [5.74, 6) is -0.107. The Morgan fingerprint density at radius 1 is 1.07 bits per heavy atom. The molecule has 0 unspecified atom stereocenters. The SMILES string of the molecule is O=C1c2ccccc2-c2n[c]nnc21. The lowest BCUT2D eigenvalue weighted by molar-refractivity contribution is 0.103. The van der Waals surface area contributed by atoms with E-state index in [1.165, 1.54) is 0 Å². The monoisotopic (exact) mass is 182 g/mol. The van der Waals surface area contributed by atoms with Gasteiger partial charge >= 0.3 is 0 Å². The third-order valence-corrected chi connectivity index (χ3v) is 2.22. The number of rotatable bonds is 0. The number of fused-ring (bicyclic) bond motifs is 3. The molecule has 0 fully saturated rings. The van der Waals surface area contributed by atoms with Crippen molar-refractivity contribution in [1.82, 2.24) is 15.2 Å². The minimum absolute atomic E-state index is 0.107. The van der Waals surface area contributed by atoms with Crippen LogP contribution < -0.4 is 0 Å². The zero-order chi connectivity index (χ0) is 9.54. The zero-order valence-electron chi connectivity index (χ0n) is 7.06. The van der Waals surface area contributed by atoms with Gasteiger partial charge in [-0.2, -0.15) is 0 Å². The van der Waals surface area contributed by atoms with Crippen molar-refractivity contribution < 1.29 is 4.79 Å². The molecule has 1 aromatic carbocycles. The van der Waals surface area contributed by atoms with Crippen molar-refractivity contribution in [3.05, 3.63) is 41.9 Å². The van der Waals surface area contributed by atoms with E-state index >= 15 is 0 Å². The minimum atomic E-state index is -0.107. The van der Waals surface area contributed by atoms with E-state index in [2.05, 4.69) is 21.5 Å². The molecule has 1 aliphatic rings. The first-order valence-electron chi connectivity index (χ1n) is 4.13. The maximum absolute atomic E-state index is 11.7. The van der Waals surface area contributed by atoms with E-state index < -0.39 is 0 Å². The van der Waals surface area contributed by atoms with Crippen LogP contribution >= 0.6 is 0 Å². The van der Waals surface area contributed by atoms with Gasteiger partial charge in [0.15, 0.2) is 5.69 Å². The fraction of sp³-hybridized carbons (Fsp3) is 0. The number of hydrogen-bond acceptors (Lipinski definition) is 4. The number of aromatic nitrogens is 3. The van der Waals surface area contributed by atoms with Gasteiger partial charge in [-0.3, -0.25) is 4.79 Å².